The van der Waals surface area contributed by atoms with E-state index in [4.69, 9.17) is 14.2 Å². The Bertz CT molecular complexity index is 898. The van der Waals surface area contributed by atoms with Crippen LogP contribution in [-0.2, 0) is 22.7 Å². The van der Waals surface area contributed by atoms with Crippen molar-refractivity contribution < 1.29 is 23.8 Å². The molecule has 2 aromatic rings. The number of methoxy groups -OCH3 is 1. The number of ether oxygens (including phenoxy) is 3. The molecule has 2 aliphatic rings. The van der Waals surface area contributed by atoms with Gasteiger partial charge in [-0.2, -0.15) is 0 Å². The fourth-order valence-electron chi connectivity index (χ4n) is 3.58. The van der Waals surface area contributed by atoms with Crippen molar-refractivity contribution in [2.75, 3.05) is 13.9 Å². The summed E-state index contributed by atoms with van der Waals surface area (Å²) in [4.78, 5) is 26.8. The number of para-hydroxylation sites is 1. The van der Waals surface area contributed by atoms with Gasteiger partial charge in [0.2, 0.25) is 18.6 Å². The number of hydrogen-bond donors (Lipinski definition) is 1. The number of carbonyl (C=O) groups is 2. The van der Waals surface area contributed by atoms with Crippen molar-refractivity contribution in [3.63, 3.8) is 0 Å². The van der Waals surface area contributed by atoms with Gasteiger partial charge in [-0.3, -0.25) is 9.59 Å². The summed E-state index contributed by atoms with van der Waals surface area (Å²) in [7, 11) is 1.60. The highest BCUT2D eigenvalue weighted by Gasteiger charge is 2.36. The van der Waals surface area contributed by atoms with E-state index in [1.807, 2.05) is 42.5 Å². The van der Waals surface area contributed by atoms with E-state index in [0.29, 0.717) is 43.2 Å². The summed E-state index contributed by atoms with van der Waals surface area (Å²) in [5, 5.41) is 2.94. The van der Waals surface area contributed by atoms with Crippen molar-refractivity contribution in [2.45, 2.75) is 32.0 Å². The highest BCUT2D eigenvalue weighted by molar-refractivity contribution is 5.90. The first kappa shape index (κ1) is 18.2. The Labute approximate surface area is 163 Å². The van der Waals surface area contributed by atoms with E-state index in [2.05, 4.69) is 5.32 Å². The summed E-state index contributed by atoms with van der Waals surface area (Å²) < 4.78 is 16.0. The van der Waals surface area contributed by atoms with Crippen LogP contribution in [0.15, 0.2) is 42.5 Å². The lowest BCUT2D eigenvalue weighted by atomic mass is 10.1. The molecule has 1 unspecified atom stereocenters. The second kappa shape index (κ2) is 7.80. The molecule has 0 aliphatic carbocycles. The molecule has 2 amide bonds. The zero-order chi connectivity index (χ0) is 19.5. The van der Waals surface area contributed by atoms with Gasteiger partial charge in [0.15, 0.2) is 11.5 Å². The molecule has 7 heteroatoms. The van der Waals surface area contributed by atoms with Gasteiger partial charge in [-0.05, 0) is 30.2 Å². The first-order chi connectivity index (χ1) is 13.7. The SMILES string of the molecule is COc1ccccc1CN1C(=O)CCC1C(=O)NCc1ccc2c(c1)OCO2. The molecule has 2 aliphatic heterocycles. The van der Waals surface area contributed by atoms with Gasteiger partial charge >= 0.3 is 0 Å². The monoisotopic (exact) mass is 382 g/mol. The molecule has 0 bridgehead atoms. The van der Waals surface area contributed by atoms with Crippen LogP contribution in [0.3, 0.4) is 0 Å². The number of nitrogens with one attached hydrogen (secondary N) is 1. The molecule has 4 rings (SSSR count). The number of benzene rings is 2. The molecular formula is C21H22N2O5. The topological polar surface area (TPSA) is 77.1 Å². The Balaban J connectivity index is 1.42. The number of amides is 2. The minimum Gasteiger partial charge on any atom is -0.496 e. The van der Waals surface area contributed by atoms with Crippen LogP contribution in [-0.4, -0.2) is 36.7 Å². The molecule has 1 atom stereocenters. The molecule has 0 radical (unpaired) electrons. The van der Waals surface area contributed by atoms with Crippen molar-refractivity contribution in [1.82, 2.24) is 10.2 Å². The van der Waals surface area contributed by atoms with Crippen LogP contribution in [0.4, 0.5) is 0 Å². The third-order valence-electron chi connectivity index (χ3n) is 5.07. The maximum Gasteiger partial charge on any atom is 0.243 e. The van der Waals surface area contributed by atoms with Crippen molar-refractivity contribution in [1.29, 1.82) is 0 Å². The van der Waals surface area contributed by atoms with E-state index < -0.39 is 6.04 Å². The predicted octanol–water partition coefficient (Wildman–Crippen LogP) is 2.23. The Kier molecular flexibility index (Phi) is 5.06. The van der Waals surface area contributed by atoms with Crippen molar-refractivity contribution >= 4 is 11.8 Å². The van der Waals surface area contributed by atoms with E-state index in [1.165, 1.54) is 0 Å². The van der Waals surface area contributed by atoms with Gasteiger partial charge in [-0.25, -0.2) is 0 Å². The van der Waals surface area contributed by atoms with Crippen LogP contribution in [0.5, 0.6) is 17.2 Å². The smallest absolute Gasteiger partial charge is 0.243 e. The maximum absolute atomic E-state index is 12.8. The molecule has 0 saturated carbocycles. The first-order valence-corrected chi connectivity index (χ1v) is 9.23. The fourth-order valence-corrected chi connectivity index (χ4v) is 3.58. The summed E-state index contributed by atoms with van der Waals surface area (Å²) in [5.41, 5.74) is 1.80. The average molecular weight is 382 g/mol. The lowest BCUT2D eigenvalue weighted by molar-refractivity contribution is -0.135. The summed E-state index contributed by atoms with van der Waals surface area (Å²) in [6.45, 7) is 0.931. The summed E-state index contributed by atoms with van der Waals surface area (Å²) in [6.07, 6.45) is 0.887. The highest BCUT2D eigenvalue weighted by Crippen LogP contribution is 2.32. The number of fused-ring (bicyclic) bond motifs is 1. The number of likely N-dealkylation sites (tertiary alicyclic amines) is 1. The minimum absolute atomic E-state index is 0.0193. The van der Waals surface area contributed by atoms with E-state index in [9.17, 15) is 9.59 Å². The van der Waals surface area contributed by atoms with Gasteiger partial charge in [-0.15, -0.1) is 0 Å². The quantitative estimate of drug-likeness (QED) is 0.829. The number of rotatable bonds is 6. The Hall–Kier alpha value is -3.22. The van der Waals surface area contributed by atoms with Crippen LogP contribution < -0.4 is 19.5 Å². The molecular weight excluding hydrogens is 360 g/mol. The number of nitrogens with zero attached hydrogens (tertiary/aromatic N) is 1. The van der Waals surface area contributed by atoms with Gasteiger partial charge in [0.25, 0.3) is 0 Å². The number of carbonyl (C=O) groups excluding carboxylic acids is 2. The predicted molar refractivity (Wildman–Crippen MR) is 101 cm³/mol. The third-order valence-corrected chi connectivity index (χ3v) is 5.07. The van der Waals surface area contributed by atoms with Crippen molar-refractivity contribution in [3.8, 4) is 17.2 Å². The van der Waals surface area contributed by atoms with Gasteiger partial charge in [0.1, 0.15) is 11.8 Å². The third kappa shape index (κ3) is 3.60. The van der Waals surface area contributed by atoms with E-state index in [-0.39, 0.29) is 18.6 Å². The van der Waals surface area contributed by atoms with Crippen molar-refractivity contribution in [2.24, 2.45) is 0 Å². The molecule has 1 saturated heterocycles. The zero-order valence-electron chi connectivity index (χ0n) is 15.6. The van der Waals surface area contributed by atoms with E-state index in [1.54, 1.807) is 12.0 Å². The molecule has 2 aromatic carbocycles. The molecule has 146 valence electrons. The lowest BCUT2D eigenvalue weighted by Crippen LogP contribution is -2.44. The lowest BCUT2D eigenvalue weighted by Gasteiger charge is -2.25. The maximum atomic E-state index is 12.8. The first-order valence-electron chi connectivity index (χ1n) is 9.23. The molecule has 7 nitrogen and oxygen atoms in total. The van der Waals surface area contributed by atoms with E-state index in [0.717, 1.165) is 11.1 Å². The normalized spacial score (nSPS) is 17.7. The fraction of sp³-hybridized carbons (Fsp3) is 0.333. The van der Waals surface area contributed by atoms with E-state index >= 15 is 0 Å². The minimum atomic E-state index is -0.480. The van der Waals surface area contributed by atoms with Gasteiger partial charge < -0.3 is 24.4 Å². The Morgan fingerprint density at radius 2 is 2.04 bits per heavy atom. The van der Waals surface area contributed by atoms with Crippen LogP contribution in [0, 0.1) is 0 Å². The summed E-state index contributed by atoms with van der Waals surface area (Å²) >= 11 is 0. The molecule has 28 heavy (non-hydrogen) atoms. The van der Waals surface area contributed by atoms with Crippen LogP contribution in [0.25, 0.3) is 0 Å². The molecule has 0 spiro atoms. The van der Waals surface area contributed by atoms with Crippen LogP contribution in [0.1, 0.15) is 24.0 Å². The molecule has 2 heterocycles. The largest absolute Gasteiger partial charge is 0.496 e. The second-order valence-electron chi connectivity index (χ2n) is 6.79. The van der Waals surface area contributed by atoms with Gasteiger partial charge in [0.05, 0.1) is 13.7 Å². The second-order valence-corrected chi connectivity index (χ2v) is 6.79. The molecule has 1 fully saturated rings. The standard InChI is InChI=1S/C21H22N2O5/c1-26-17-5-3-2-4-15(17)12-23-16(7-9-20(23)24)21(25)22-11-14-6-8-18-19(10-14)28-13-27-18/h2-6,8,10,16H,7,9,11-13H2,1H3,(H,22,25). The number of hydrogen-bond acceptors (Lipinski definition) is 5. The zero-order valence-corrected chi connectivity index (χ0v) is 15.6. The average Bonchev–Trinajstić information content (AvgIpc) is 3.33. The van der Waals surface area contributed by atoms with Crippen LogP contribution in [0.2, 0.25) is 0 Å². The highest BCUT2D eigenvalue weighted by atomic mass is 16.7. The van der Waals surface area contributed by atoms with Crippen molar-refractivity contribution in [3.05, 3.63) is 53.6 Å². The molecule has 0 aromatic heterocycles. The molecule has 1 N–H and O–H groups in total. The Morgan fingerprint density at radius 1 is 1.21 bits per heavy atom. The Morgan fingerprint density at radius 3 is 2.89 bits per heavy atom. The van der Waals surface area contributed by atoms with Gasteiger partial charge in [-0.1, -0.05) is 24.3 Å². The summed E-state index contributed by atoms with van der Waals surface area (Å²) in [5.74, 6) is 1.93. The van der Waals surface area contributed by atoms with Crippen LogP contribution >= 0.6 is 0 Å². The van der Waals surface area contributed by atoms with Gasteiger partial charge in [0, 0.05) is 18.5 Å². The summed E-state index contributed by atoms with van der Waals surface area (Å²) in [6, 6.07) is 12.6.